The van der Waals surface area contributed by atoms with E-state index in [9.17, 15) is 0 Å². The maximum absolute atomic E-state index is 6.51. The second-order valence-electron chi connectivity index (χ2n) is 7.45. The molecule has 2 aromatic rings. The molecule has 3 atom stereocenters. The van der Waals surface area contributed by atoms with Crippen LogP contribution in [-0.2, 0) is 9.47 Å². The highest BCUT2D eigenvalue weighted by Gasteiger charge is 2.43. The molecule has 4 rings (SSSR count). The smallest absolute Gasteiger partial charge is 0.162 e. The molecule has 0 aromatic heterocycles. The van der Waals surface area contributed by atoms with Gasteiger partial charge in [0.05, 0.1) is 26.8 Å². The average Bonchev–Trinajstić information content (AvgIpc) is 3.47. The van der Waals surface area contributed by atoms with Crippen molar-refractivity contribution in [2.45, 2.75) is 18.1 Å². The van der Waals surface area contributed by atoms with Crippen LogP contribution in [0.3, 0.4) is 0 Å². The molecular weight excluding hydrogens is 350 g/mol. The normalized spacial score (nSPS) is 25.9. The molecule has 1 fully saturated rings. The SMILES string of the molecule is COC1=CC=NCC1(CN(c1ccccc1)c1ccccc1)OCC1CC1N. The fourth-order valence-electron chi connectivity index (χ4n) is 3.63. The van der Waals surface area contributed by atoms with Gasteiger partial charge in [-0.2, -0.15) is 0 Å². The summed E-state index contributed by atoms with van der Waals surface area (Å²) in [7, 11) is 1.70. The first-order valence-corrected chi connectivity index (χ1v) is 9.73. The molecule has 28 heavy (non-hydrogen) atoms. The lowest BCUT2D eigenvalue weighted by atomic mass is 9.96. The Morgan fingerprint density at radius 3 is 2.21 bits per heavy atom. The van der Waals surface area contributed by atoms with Crippen LogP contribution in [0, 0.1) is 5.92 Å². The molecule has 1 aliphatic carbocycles. The number of benzene rings is 2. The zero-order chi connectivity index (χ0) is 19.4. The number of rotatable bonds is 8. The van der Waals surface area contributed by atoms with E-state index in [1.165, 1.54) is 0 Å². The maximum Gasteiger partial charge on any atom is 0.162 e. The fourth-order valence-corrected chi connectivity index (χ4v) is 3.63. The quantitative estimate of drug-likeness (QED) is 0.764. The first-order chi connectivity index (χ1) is 13.7. The van der Waals surface area contributed by atoms with Gasteiger partial charge in [-0.25, -0.2) is 0 Å². The number of nitrogens with zero attached hydrogens (tertiary/aromatic N) is 2. The van der Waals surface area contributed by atoms with Crippen molar-refractivity contribution in [3.63, 3.8) is 0 Å². The molecule has 2 aromatic carbocycles. The lowest BCUT2D eigenvalue weighted by Crippen LogP contribution is -2.50. The minimum absolute atomic E-state index is 0.249. The Hall–Kier alpha value is -2.63. The summed E-state index contributed by atoms with van der Waals surface area (Å²) in [5.74, 6) is 1.22. The Morgan fingerprint density at radius 1 is 1.07 bits per heavy atom. The monoisotopic (exact) mass is 377 g/mol. The van der Waals surface area contributed by atoms with Crippen molar-refractivity contribution in [1.82, 2.24) is 0 Å². The van der Waals surface area contributed by atoms with E-state index in [0.29, 0.717) is 25.6 Å². The van der Waals surface area contributed by atoms with Crippen molar-refractivity contribution in [2.75, 3.05) is 31.7 Å². The van der Waals surface area contributed by atoms with Crippen LogP contribution in [0.1, 0.15) is 6.42 Å². The fraction of sp³-hybridized carbons (Fsp3) is 0.348. The van der Waals surface area contributed by atoms with E-state index < -0.39 is 5.60 Å². The molecule has 5 heteroatoms. The number of para-hydroxylation sites is 2. The molecule has 0 radical (unpaired) electrons. The van der Waals surface area contributed by atoms with Gasteiger partial charge in [-0.15, -0.1) is 0 Å². The standard InChI is InChI=1S/C23H27N3O2/c1-27-22-12-13-25-16-23(22,28-15-18-14-21(18)24)17-26(19-8-4-2-5-9-19)20-10-6-3-7-11-20/h2-13,18,21H,14-17,24H2,1H3. The number of hydrogen-bond donors (Lipinski definition) is 1. The number of aliphatic imine (C=N–C) groups is 1. The summed E-state index contributed by atoms with van der Waals surface area (Å²) in [4.78, 5) is 6.79. The second kappa shape index (κ2) is 8.17. The number of nitrogens with two attached hydrogens (primary N) is 1. The Balaban J connectivity index is 1.68. The Labute approximate surface area is 166 Å². The Morgan fingerprint density at radius 2 is 1.68 bits per heavy atom. The minimum atomic E-state index is -0.655. The van der Waals surface area contributed by atoms with E-state index in [-0.39, 0.29) is 6.04 Å². The van der Waals surface area contributed by atoms with Crippen molar-refractivity contribution in [1.29, 1.82) is 0 Å². The van der Waals surface area contributed by atoms with Gasteiger partial charge in [0.2, 0.25) is 0 Å². The first-order valence-electron chi connectivity index (χ1n) is 9.73. The highest BCUT2D eigenvalue weighted by atomic mass is 16.5. The molecule has 146 valence electrons. The minimum Gasteiger partial charge on any atom is -0.498 e. The maximum atomic E-state index is 6.51. The van der Waals surface area contributed by atoms with Crippen LogP contribution in [0.2, 0.25) is 0 Å². The van der Waals surface area contributed by atoms with Crippen molar-refractivity contribution in [3.8, 4) is 0 Å². The molecule has 2 aliphatic rings. The lowest BCUT2D eigenvalue weighted by molar-refractivity contribution is -0.0430. The highest BCUT2D eigenvalue weighted by molar-refractivity contribution is 5.74. The average molecular weight is 377 g/mol. The van der Waals surface area contributed by atoms with E-state index in [1.807, 2.05) is 42.5 Å². The van der Waals surface area contributed by atoms with Gasteiger partial charge in [0.15, 0.2) is 5.60 Å². The summed E-state index contributed by atoms with van der Waals surface area (Å²) in [6.07, 6.45) is 4.72. The molecule has 3 unspecified atom stereocenters. The Kier molecular flexibility index (Phi) is 5.46. The summed E-state index contributed by atoms with van der Waals surface area (Å²) < 4.78 is 12.3. The third kappa shape index (κ3) is 3.96. The number of allylic oxidation sites excluding steroid dienone is 1. The van der Waals surface area contributed by atoms with E-state index >= 15 is 0 Å². The molecule has 0 amide bonds. The number of anilines is 2. The van der Waals surface area contributed by atoms with Crippen LogP contribution in [0.25, 0.3) is 0 Å². The van der Waals surface area contributed by atoms with E-state index in [1.54, 1.807) is 13.3 Å². The van der Waals surface area contributed by atoms with Crippen molar-refractivity contribution in [2.24, 2.45) is 16.6 Å². The van der Waals surface area contributed by atoms with Crippen molar-refractivity contribution < 1.29 is 9.47 Å². The molecular formula is C23H27N3O2. The lowest BCUT2D eigenvalue weighted by Gasteiger charge is -2.40. The van der Waals surface area contributed by atoms with Crippen LogP contribution in [0.5, 0.6) is 0 Å². The van der Waals surface area contributed by atoms with Crippen LogP contribution >= 0.6 is 0 Å². The molecule has 0 spiro atoms. The van der Waals surface area contributed by atoms with Gasteiger partial charge in [-0.1, -0.05) is 36.4 Å². The van der Waals surface area contributed by atoms with Crippen LogP contribution < -0.4 is 10.6 Å². The predicted octanol–water partition coefficient (Wildman–Crippen LogP) is 3.54. The van der Waals surface area contributed by atoms with E-state index in [0.717, 1.165) is 23.6 Å². The number of ether oxygens (including phenoxy) is 2. The zero-order valence-corrected chi connectivity index (χ0v) is 16.2. The molecule has 0 bridgehead atoms. The van der Waals surface area contributed by atoms with Gasteiger partial charge in [0.1, 0.15) is 5.76 Å². The van der Waals surface area contributed by atoms with Crippen molar-refractivity contribution in [3.05, 3.63) is 72.5 Å². The van der Waals surface area contributed by atoms with Gasteiger partial charge in [0, 0.05) is 23.6 Å². The van der Waals surface area contributed by atoms with Gasteiger partial charge >= 0.3 is 0 Å². The molecule has 1 heterocycles. The van der Waals surface area contributed by atoms with Gasteiger partial charge < -0.3 is 20.1 Å². The van der Waals surface area contributed by atoms with E-state index in [2.05, 4.69) is 34.2 Å². The van der Waals surface area contributed by atoms with Gasteiger partial charge in [-0.05, 0) is 42.7 Å². The molecule has 1 aliphatic heterocycles. The topological polar surface area (TPSA) is 60.1 Å². The third-order valence-electron chi connectivity index (χ3n) is 5.45. The van der Waals surface area contributed by atoms with Crippen LogP contribution in [0.4, 0.5) is 11.4 Å². The largest absolute Gasteiger partial charge is 0.498 e. The zero-order valence-electron chi connectivity index (χ0n) is 16.2. The Bertz CT molecular complexity index is 798. The first kappa shape index (κ1) is 18.7. The van der Waals surface area contributed by atoms with Gasteiger partial charge in [0.25, 0.3) is 0 Å². The molecule has 1 saturated carbocycles. The third-order valence-corrected chi connectivity index (χ3v) is 5.45. The summed E-state index contributed by atoms with van der Waals surface area (Å²) >= 11 is 0. The summed E-state index contributed by atoms with van der Waals surface area (Å²) in [6.45, 7) is 1.74. The summed E-state index contributed by atoms with van der Waals surface area (Å²) in [5, 5.41) is 0. The number of methoxy groups -OCH3 is 1. The van der Waals surface area contributed by atoms with Gasteiger partial charge in [-0.3, -0.25) is 4.99 Å². The summed E-state index contributed by atoms with van der Waals surface area (Å²) in [6, 6.07) is 20.9. The number of hydrogen-bond acceptors (Lipinski definition) is 5. The molecule has 0 saturated heterocycles. The predicted molar refractivity (Wildman–Crippen MR) is 113 cm³/mol. The number of dihydropyridines is 1. The molecule has 2 N–H and O–H groups in total. The van der Waals surface area contributed by atoms with Crippen molar-refractivity contribution >= 4 is 17.6 Å². The van der Waals surface area contributed by atoms with Crippen LogP contribution in [0.15, 0.2) is 77.5 Å². The highest BCUT2D eigenvalue weighted by Crippen LogP contribution is 2.36. The second-order valence-corrected chi connectivity index (χ2v) is 7.45. The van der Waals surface area contributed by atoms with E-state index in [4.69, 9.17) is 15.2 Å². The molecule has 5 nitrogen and oxygen atoms in total. The van der Waals surface area contributed by atoms with Crippen LogP contribution in [-0.4, -0.2) is 44.7 Å². The summed E-state index contributed by atoms with van der Waals surface area (Å²) in [5.41, 5.74) is 7.56.